The van der Waals surface area contributed by atoms with E-state index in [1.165, 1.54) is 11.3 Å². The molecule has 20 heavy (non-hydrogen) atoms. The van der Waals surface area contributed by atoms with Crippen molar-refractivity contribution >= 4 is 45.5 Å². The molecule has 0 saturated carbocycles. The highest BCUT2D eigenvalue weighted by molar-refractivity contribution is 14.1. The summed E-state index contributed by atoms with van der Waals surface area (Å²) in [6.45, 7) is 0. The monoisotopic (exact) mass is 415 g/mol. The maximum atomic E-state index is 13.5. The van der Waals surface area contributed by atoms with E-state index in [1.807, 2.05) is 22.6 Å². The zero-order valence-electron chi connectivity index (χ0n) is 9.59. The van der Waals surface area contributed by atoms with Gasteiger partial charge in [0.25, 0.3) is 5.91 Å². The molecule has 2 nitrogen and oxygen atoms in total. The molecule has 1 aromatic carbocycles. The van der Waals surface area contributed by atoms with Crippen molar-refractivity contribution in [1.29, 1.82) is 0 Å². The number of anilines is 1. The topological polar surface area (TPSA) is 29.1 Å². The average Bonchev–Trinajstić information content (AvgIpc) is 2.77. The molecule has 2 rings (SSSR count). The number of halogens is 5. The van der Waals surface area contributed by atoms with E-state index >= 15 is 0 Å². The maximum Gasteiger partial charge on any atom is 0.416 e. The molecule has 0 aliphatic rings. The summed E-state index contributed by atoms with van der Waals surface area (Å²) in [6.07, 6.45) is -4.59. The molecule has 8 heteroatoms. The summed E-state index contributed by atoms with van der Waals surface area (Å²) >= 11 is 3.31. The largest absolute Gasteiger partial charge is 0.416 e. The van der Waals surface area contributed by atoms with Gasteiger partial charge in [-0.2, -0.15) is 13.2 Å². The highest BCUT2D eigenvalue weighted by Crippen LogP contribution is 2.32. The number of thiophene rings is 1. The van der Waals surface area contributed by atoms with Crippen LogP contribution in [0.1, 0.15) is 15.9 Å². The van der Waals surface area contributed by atoms with Gasteiger partial charge in [0.15, 0.2) is 0 Å². The summed E-state index contributed by atoms with van der Waals surface area (Å²) in [5.74, 6) is -1.57. The molecule has 1 heterocycles. The van der Waals surface area contributed by atoms with Crippen LogP contribution in [0.5, 0.6) is 0 Å². The SMILES string of the molecule is O=C(Nc1cc(C(F)(F)F)ccc1F)c1csc(I)c1. The lowest BCUT2D eigenvalue weighted by Gasteiger charge is -2.10. The van der Waals surface area contributed by atoms with Crippen LogP contribution in [0.2, 0.25) is 0 Å². The fourth-order valence-electron chi connectivity index (χ4n) is 1.42. The van der Waals surface area contributed by atoms with E-state index in [9.17, 15) is 22.4 Å². The second-order valence-electron chi connectivity index (χ2n) is 3.79. The summed E-state index contributed by atoms with van der Waals surface area (Å²) in [5.41, 5.74) is -1.24. The fraction of sp³-hybridized carbons (Fsp3) is 0.0833. The predicted octanol–water partition coefficient (Wildman–Crippen LogP) is 4.76. The van der Waals surface area contributed by atoms with Crippen LogP contribution in [0.25, 0.3) is 0 Å². The smallest absolute Gasteiger partial charge is 0.319 e. The fourth-order valence-corrected chi connectivity index (χ4v) is 2.75. The Kier molecular flexibility index (Phi) is 4.33. The number of alkyl halides is 3. The van der Waals surface area contributed by atoms with E-state index in [-0.39, 0.29) is 5.56 Å². The van der Waals surface area contributed by atoms with E-state index < -0.39 is 29.2 Å². The number of hydrogen-bond acceptors (Lipinski definition) is 2. The summed E-state index contributed by atoms with van der Waals surface area (Å²) in [6, 6.07) is 3.44. The molecule has 2 aromatic rings. The quantitative estimate of drug-likeness (QED) is 0.556. The van der Waals surface area contributed by atoms with Gasteiger partial charge in [0.05, 0.1) is 19.7 Å². The normalized spacial score (nSPS) is 11.4. The van der Waals surface area contributed by atoms with Gasteiger partial charge in [-0.3, -0.25) is 4.79 Å². The van der Waals surface area contributed by atoms with Gasteiger partial charge in [-0.25, -0.2) is 4.39 Å². The van der Waals surface area contributed by atoms with Crippen molar-refractivity contribution in [2.45, 2.75) is 6.18 Å². The zero-order chi connectivity index (χ0) is 14.9. The number of hydrogen-bond donors (Lipinski definition) is 1. The standard InChI is InChI=1S/C12H6F4INOS/c13-8-2-1-7(12(14,15)16)4-9(8)18-11(19)6-3-10(17)20-5-6/h1-5H,(H,18,19). The Labute approximate surface area is 128 Å². The summed E-state index contributed by atoms with van der Waals surface area (Å²) in [5, 5.41) is 3.69. The van der Waals surface area contributed by atoms with Crippen LogP contribution in [-0.2, 0) is 6.18 Å². The Balaban J connectivity index is 2.27. The van der Waals surface area contributed by atoms with E-state index in [2.05, 4.69) is 5.32 Å². The van der Waals surface area contributed by atoms with Crippen LogP contribution in [-0.4, -0.2) is 5.91 Å². The molecule has 0 saturated heterocycles. The van der Waals surface area contributed by atoms with Crippen molar-refractivity contribution in [3.05, 3.63) is 49.5 Å². The first-order valence-corrected chi connectivity index (χ1v) is 7.15. The van der Waals surface area contributed by atoms with Gasteiger partial charge in [0.1, 0.15) is 5.82 Å². The van der Waals surface area contributed by atoms with Gasteiger partial charge in [-0.15, -0.1) is 11.3 Å². The lowest BCUT2D eigenvalue weighted by molar-refractivity contribution is -0.137. The van der Waals surface area contributed by atoms with E-state index in [0.29, 0.717) is 18.2 Å². The highest BCUT2D eigenvalue weighted by atomic mass is 127. The van der Waals surface area contributed by atoms with Crippen LogP contribution < -0.4 is 5.32 Å². The van der Waals surface area contributed by atoms with Crippen molar-refractivity contribution < 1.29 is 22.4 Å². The zero-order valence-corrected chi connectivity index (χ0v) is 12.6. The van der Waals surface area contributed by atoms with Crippen molar-refractivity contribution in [3.63, 3.8) is 0 Å². The minimum atomic E-state index is -4.59. The second kappa shape index (κ2) is 5.68. The molecule has 0 aliphatic carbocycles. The molecule has 0 atom stereocenters. The molecule has 0 spiro atoms. The molecule has 0 aliphatic heterocycles. The van der Waals surface area contributed by atoms with Gasteiger partial charge < -0.3 is 5.32 Å². The van der Waals surface area contributed by atoms with E-state index in [0.717, 1.165) is 2.88 Å². The van der Waals surface area contributed by atoms with Gasteiger partial charge in [-0.1, -0.05) is 0 Å². The Morgan fingerprint density at radius 1 is 1.25 bits per heavy atom. The number of carbonyl (C=O) groups excluding carboxylic acids is 1. The minimum absolute atomic E-state index is 0.274. The lowest BCUT2D eigenvalue weighted by atomic mass is 10.2. The summed E-state index contributed by atoms with van der Waals surface area (Å²) in [7, 11) is 0. The number of benzene rings is 1. The molecular formula is C12H6F4INOS. The number of amides is 1. The molecule has 1 amide bonds. The highest BCUT2D eigenvalue weighted by Gasteiger charge is 2.31. The third-order valence-corrected chi connectivity index (χ3v) is 4.16. The molecule has 106 valence electrons. The molecule has 1 N–H and O–H groups in total. The summed E-state index contributed by atoms with van der Waals surface area (Å²) in [4.78, 5) is 11.8. The molecule has 0 unspecified atom stereocenters. The van der Waals surface area contributed by atoms with E-state index in [4.69, 9.17) is 0 Å². The number of carbonyl (C=O) groups is 1. The third kappa shape index (κ3) is 3.48. The first kappa shape index (κ1) is 15.2. The number of rotatable bonds is 2. The van der Waals surface area contributed by atoms with Crippen LogP contribution in [0.15, 0.2) is 29.6 Å². The van der Waals surface area contributed by atoms with Crippen LogP contribution in [0.3, 0.4) is 0 Å². The van der Waals surface area contributed by atoms with Gasteiger partial charge in [0.2, 0.25) is 0 Å². The molecule has 0 bridgehead atoms. The third-order valence-electron chi connectivity index (χ3n) is 2.37. The van der Waals surface area contributed by atoms with Crippen molar-refractivity contribution in [3.8, 4) is 0 Å². The van der Waals surface area contributed by atoms with Gasteiger partial charge in [-0.05, 0) is 46.9 Å². The average molecular weight is 415 g/mol. The summed E-state index contributed by atoms with van der Waals surface area (Å²) < 4.78 is 51.9. The number of nitrogens with one attached hydrogen (secondary N) is 1. The van der Waals surface area contributed by atoms with Crippen molar-refractivity contribution in [2.24, 2.45) is 0 Å². The van der Waals surface area contributed by atoms with Crippen LogP contribution >= 0.6 is 33.9 Å². The first-order chi connectivity index (χ1) is 9.27. The van der Waals surface area contributed by atoms with Crippen molar-refractivity contribution in [1.82, 2.24) is 0 Å². The molecule has 0 radical (unpaired) electrons. The van der Waals surface area contributed by atoms with E-state index in [1.54, 1.807) is 11.4 Å². The minimum Gasteiger partial charge on any atom is -0.319 e. The Morgan fingerprint density at radius 2 is 1.95 bits per heavy atom. The second-order valence-corrected chi connectivity index (χ2v) is 6.59. The van der Waals surface area contributed by atoms with Crippen molar-refractivity contribution in [2.75, 3.05) is 5.32 Å². The van der Waals surface area contributed by atoms with Crippen LogP contribution in [0.4, 0.5) is 23.2 Å². The lowest BCUT2D eigenvalue weighted by Crippen LogP contribution is -2.13. The van der Waals surface area contributed by atoms with Gasteiger partial charge in [0, 0.05) is 5.38 Å². The first-order valence-electron chi connectivity index (χ1n) is 5.19. The molecule has 0 fully saturated rings. The van der Waals surface area contributed by atoms with Gasteiger partial charge >= 0.3 is 6.18 Å². The Morgan fingerprint density at radius 3 is 2.50 bits per heavy atom. The van der Waals surface area contributed by atoms with Crippen LogP contribution in [0, 0.1) is 8.70 Å². The molecular weight excluding hydrogens is 409 g/mol. The Hall–Kier alpha value is -1.16. The molecule has 1 aromatic heterocycles. The Bertz CT molecular complexity index is 653. The predicted molar refractivity (Wildman–Crippen MR) is 76.4 cm³/mol. The maximum absolute atomic E-state index is 13.5.